The molecule has 0 atom stereocenters. The Morgan fingerprint density at radius 2 is 1.25 bits per heavy atom. The standard InChI is InChI=1S/2CH3.ClH.Ga/h2*1H3;1H;/q;;;+1/p-1. The molecule has 0 fully saturated rings. The van der Waals surface area contributed by atoms with E-state index >= 15 is 0 Å². The van der Waals surface area contributed by atoms with Gasteiger partial charge in [0, 0.05) is 0 Å². The van der Waals surface area contributed by atoms with E-state index < -0.39 is 0 Å². The van der Waals surface area contributed by atoms with E-state index in [0.29, 0.717) is 17.4 Å². The number of halogens is 1. The SMILES string of the molecule is [CH3][Ga+][CH3].[Cl-]. The van der Waals surface area contributed by atoms with E-state index in [1.54, 1.807) is 0 Å². The molecule has 0 spiro atoms. The minimum absolute atomic E-state index is 0. The van der Waals surface area contributed by atoms with Gasteiger partial charge in [-0.15, -0.1) is 0 Å². The Morgan fingerprint density at radius 3 is 1.25 bits per heavy atom. The second kappa shape index (κ2) is 9.06. The van der Waals surface area contributed by atoms with Crippen LogP contribution in [-0.2, 0) is 0 Å². The topological polar surface area (TPSA) is 0 Å². The van der Waals surface area contributed by atoms with E-state index in [1.165, 1.54) is 0 Å². The number of hydrogen-bond acceptors (Lipinski definition) is 0. The van der Waals surface area contributed by atoms with Crippen LogP contribution < -0.4 is 12.4 Å². The molecule has 0 bridgehead atoms. The maximum atomic E-state index is 2.28. The third-order valence-corrected chi connectivity index (χ3v) is 0. The van der Waals surface area contributed by atoms with Gasteiger partial charge in [-0.3, -0.25) is 0 Å². The van der Waals surface area contributed by atoms with Crippen molar-refractivity contribution in [2.24, 2.45) is 0 Å². The Hall–Kier alpha value is 0.926. The van der Waals surface area contributed by atoms with Crippen molar-refractivity contribution in [3.8, 4) is 0 Å². The molecular weight excluding hydrogens is 129 g/mol. The summed E-state index contributed by atoms with van der Waals surface area (Å²) in [4.78, 5) is 0. The first-order chi connectivity index (χ1) is 1.41. The van der Waals surface area contributed by atoms with Crippen LogP contribution in [0.3, 0.4) is 0 Å². The summed E-state index contributed by atoms with van der Waals surface area (Å²) in [6, 6.07) is 0. The molecular formula is C2H6ClGa. The van der Waals surface area contributed by atoms with Crippen LogP contribution in [0, 0.1) is 0 Å². The van der Waals surface area contributed by atoms with Crippen LogP contribution in [0.5, 0.6) is 0 Å². The van der Waals surface area contributed by atoms with Crippen LogP contribution in [0.15, 0.2) is 0 Å². The van der Waals surface area contributed by atoms with Crippen LogP contribution in [-0.4, -0.2) is 17.4 Å². The molecule has 0 rings (SSSR count). The predicted molar refractivity (Wildman–Crippen MR) is 17.5 cm³/mol. The zero-order chi connectivity index (χ0) is 2.71. The zero-order valence-corrected chi connectivity index (χ0v) is 6.13. The first kappa shape index (κ1) is 8.87. The monoisotopic (exact) mass is 134 g/mol. The minimum Gasteiger partial charge on any atom is -1.00 e. The van der Waals surface area contributed by atoms with Crippen molar-refractivity contribution in [1.82, 2.24) is 0 Å². The van der Waals surface area contributed by atoms with Gasteiger partial charge >= 0.3 is 28.4 Å². The van der Waals surface area contributed by atoms with Crippen molar-refractivity contribution in [3.05, 3.63) is 0 Å². The molecule has 0 aromatic rings. The van der Waals surface area contributed by atoms with E-state index in [2.05, 4.69) is 11.0 Å². The van der Waals surface area contributed by atoms with Crippen molar-refractivity contribution in [2.45, 2.75) is 11.0 Å². The summed E-state index contributed by atoms with van der Waals surface area (Å²) in [6.45, 7) is 0. The molecule has 0 nitrogen and oxygen atoms in total. The van der Waals surface area contributed by atoms with Crippen LogP contribution >= 0.6 is 0 Å². The Labute approximate surface area is 41.2 Å². The van der Waals surface area contributed by atoms with E-state index in [1.807, 2.05) is 0 Å². The Morgan fingerprint density at radius 1 is 1.25 bits per heavy atom. The molecule has 0 unspecified atom stereocenters. The van der Waals surface area contributed by atoms with Gasteiger partial charge in [0.05, 0.1) is 0 Å². The molecule has 0 radical (unpaired) electrons. The van der Waals surface area contributed by atoms with E-state index in [4.69, 9.17) is 0 Å². The smallest absolute Gasteiger partial charge is 1.00 e. The molecule has 2 heteroatoms. The van der Waals surface area contributed by atoms with Crippen molar-refractivity contribution >= 4 is 17.4 Å². The third-order valence-electron chi connectivity index (χ3n) is 0. The first-order valence-electron chi connectivity index (χ1n) is 1.15. The average Bonchev–Trinajstić information content (AvgIpc) is 0.918. The number of rotatable bonds is 0. The zero-order valence-electron chi connectivity index (χ0n) is 2.96. The fraction of sp³-hybridized carbons (Fsp3) is 1.00. The summed E-state index contributed by atoms with van der Waals surface area (Å²) < 4.78 is 0. The molecule has 0 amide bonds. The van der Waals surface area contributed by atoms with Gasteiger partial charge in [-0.05, 0) is 0 Å². The molecule has 0 heterocycles. The fourth-order valence-corrected chi connectivity index (χ4v) is 0. The summed E-state index contributed by atoms with van der Waals surface area (Å²) in [5, 5.41) is 0. The van der Waals surface area contributed by atoms with E-state index in [0.717, 1.165) is 0 Å². The summed E-state index contributed by atoms with van der Waals surface area (Å²) in [7, 11) is 0. The molecule has 0 aliphatic heterocycles. The maximum absolute atomic E-state index is 2.28. The molecule has 0 aromatic carbocycles. The van der Waals surface area contributed by atoms with Crippen molar-refractivity contribution < 1.29 is 12.4 Å². The molecule has 0 N–H and O–H groups in total. The van der Waals surface area contributed by atoms with Crippen LogP contribution in [0.25, 0.3) is 0 Å². The van der Waals surface area contributed by atoms with Crippen molar-refractivity contribution in [3.63, 3.8) is 0 Å². The van der Waals surface area contributed by atoms with Crippen LogP contribution in [0.4, 0.5) is 0 Å². The van der Waals surface area contributed by atoms with Crippen molar-refractivity contribution in [1.29, 1.82) is 0 Å². The van der Waals surface area contributed by atoms with Gasteiger partial charge in [0.1, 0.15) is 0 Å². The Kier molecular flexibility index (Phi) is 20.1. The van der Waals surface area contributed by atoms with Gasteiger partial charge in [-0.2, -0.15) is 0 Å². The molecule has 24 valence electrons. The second-order valence-corrected chi connectivity index (χ2v) is 3.00. The minimum atomic E-state index is 0. The van der Waals surface area contributed by atoms with E-state index in [-0.39, 0.29) is 12.4 Å². The Balaban J connectivity index is 0. The van der Waals surface area contributed by atoms with Gasteiger partial charge in [-0.25, -0.2) is 0 Å². The van der Waals surface area contributed by atoms with Crippen molar-refractivity contribution in [2.75, 3.05) is 0 Å². The molecule has 0 aromatic heterocycles. The second-order valence-electron chi connectivity index (χ2n) is 0.577. The summed E-state index contributed by atoms with van der Waals surface area (Å²) >= 11 is 0.312. The molecule has 0 aliphatic carbocycles. The average molecular weight is 135 g/mol. The molecule has 4 heavy (non-hydrogen) atoms. The summed E-state index contributed by atoms with van der Waals surface area (Å²) in [6.07, 6.45) is 0. The Bertz CT molecular complexity index is 6.00. The summed E-state index contributed by atoms with van der Waals surface area (Å²) in [5.41, 5.74) is 4.56. The largest absolute Gasteiger partial charge is 1.00 e. The van der Waals surface area contributed by atoms with Gasteiger partial charge in [-0.1, -0.05) is 0 Å². The van der Waals surface area contributed by atoms with E-state index in [9.17, 15) is 0 Å². The van der Waals surface area contributed by atoms with Gasteiger partial charge in [0.25, 0.3) is 0 Å². The third kappa shape index (κ3) is 12.7. The summed E-state index contributed by atoms with van der Waals surface area (Å²) in [5.74, 6) is 0. The van der Waals surface area contributed by atoms with Crippen LogP contribution in [0.1, 0.15) is 0 Å². The van der Waals surface area contributed by atoms with Gasteiger partial charge in [0.2, 0.25) is 0 Å². The first-order valence-corrected chi connectivity index (χ1v) is 6.00. The molecule has 0 saturated heterocycles. The molecule has 0 saturated carbocycles. The maximum Gasteiger partial charge on any atom is -1.00 e. The predicted octanol–water partition coefficient (Wildman–Crippen LogP) is -2.21. The molecule has 0 aliphatic rings. The van der Waals surface area contributed by atoms with Gasteiger partial charge < -0.3 is 12.4 Å². The van der Waals surface area contributed by atoms with Gasteiger partial charge in [0.15, 0.2) is 0 Å². The fourth-order valence-electron chi connectivity index (χ4n) is 0. The number of hydrogen-bond donors (Lipinski definition) is 0. The van der Waals surface area contributed by atoms with Crippen LogP contribution in [0.2, 0.25) is 11.0 Å². The quantitative estimate of drug-likeness (QED) is 0.330. The normalized spacial score (nSPS) is 2.50.